The molecule has 0 saturated carbocycles. The van der Waals surface area contributed by atoms with E-state index < -0.39 is 0 Å². The molecule has 17 heavy (non-hydrogen) atoms. The summed E-state index contributed by atoms with van der Waals surface area (Å²) in [5.41, 5.74) is 8.06. The third-order valence-corrected chi connectivity index (χ3v) is 3.29. The van der Waals surface area contributed by atoms with Crippen LogP contribution in [0.1, 0.15) is 0 Å². The van der Waals surface area contributed by atoms with Crippen LogP contribution >= 0.6 is 0 Å². The quantitative estimate of drug-likeness (QED) is 0.721. The highest BCUT2D eigenvalue weighted by atomic mass is 15.2. The summed E-state index contributed by atoms with van der Waals surface area (Å²) < 4.78 is 0. The summed E-state index contributed by atoms with van der Waals surface area (Å²) in [6.07, 6.45) is 3.70. The predicted molar refractivity (Wildman–Crippen MR) is 71.2 cm³/mol. The van der Waals surface area contributed by atoms with Gasteiger partial charge in [-0.25, -0.2) is 0 Å². The minimum absolute atomic E-state index is 0.821. The number of pyridine rings is 1. The molecule has 1 aliphatic rings. The van der Waals surface area contributed by atoms with Crippen molar-refractivity contribution in [3.05, 3.63) is 30.6 Å². The van der Waals surface area contributed by atoms with Gasteiger partial charge in [0.05, 0.1) is 0 Å². The zero-order chi connectivity index (χ0) is 11.7. The van der Waals surface area contributed by atoms with E-state index in [0.29, 0.717) is 0 Å². The predicted octanol–water partition coefficient (Wildman–Crippen LogP) is 1.23. The van der Waals surface area contributed by atoms with Crippen LogP contribution in [0.3, 0.4) is 0 Å². The molecule has 1 aromatic heterocycles. The summed E-state index contributed by atoms with van der Waals surface area (Å²) in [6.45, 7) is 4.14. The smallest absolute Gasteiger partial charge is 0.0463 e. The van der Waals surface area contributed by atoms with Gasteiger partial charge in [-0.1, -0.05) is 0 Å². The third-order valence-electron chi connectivity index (χ3n) is 3.29. The highest BCUT2D eigenvalue weighted by Crippen LogP contribution is 2.30. The van der Waals surface area contributed by atoms with Crippen molar-refractivity contribution in [2.24, 2.45) is 0 Å². The first-order valence-corrected chi connectivity index (χ1v) is 5.94. The number of fused-ring (bicyclic) bond motifs is 1. The lowest BCUT2D eigenvalue weighted by Crippen LogP contribution is -2.43. The minimum Gasteiger partial charge on any atom is -0.398 e. The molecular formula is C13H16N4. The van der Waals surface area contributed by atoms with E-state index in [9.17, 15) is 0 Å². The zero-order valence-corrected chi connectivity index (χ0v) is 9.69. The Balaban J connectivity index is 2.12. The number of aromatic nitrogens is 1. The summed E-state index contributed by atoms with van der Waals surface area (Å²) in [7, 11) is 0. The Hall–Kier alpha value is -1.81. The van der Waals surface area contributed by atoms with Gasteiger partial charge in [0.25, 0.3) is 0 Å². The topological polar surface area (TPSA) is 54.2 Å². The van der Waals surface area contributed by atoms with Crippen molar-refractivity contribution >= 4 is 22.1 Å². The number of nitrogens with two attached hydrogens (primary N) is 1. The molecule has 0 amide bonds. The maximum atomic E-state index is 6.00. The Morgan fingerprint density at radius 1 is 1.12 bits per heavy atom. The number of benzene rings is 1. The van der Waals surface area contributed by atoms with Crippen molar-refractivity contribution < 1.29 is 0 Å². The van der Waals surface area contributed by atoms with E-state index in [0.717, 1.165) is 42.6 Å². The molecule has 1 aromatic carbocycles. The summed E-state index contributed by atoms with van der Waals surface area (Å²) in [5.74, 6) is 0. The number of piperazine rings is 1. The lowest BCUT2D eigenvalue weighted by molar-refractivity contribution is 0.590. The number of anilines is 2. The average molecular weight is 228 g/mol. The first-order valence-electron chi connectivity index (χ1n) is 5.94. The monoisotopic (exact) mass is 228 g/mol. The molecule has 2 heterocycles. The van der Waals surface area contributed by atoms with Crippen LogP contribution in [0.2, 0.25) is 0 Å². The zero-order valence-electron chi connectivity index (χ0n) is 9.69. The van der Waals surface area contributed by atoms with Crippen LogP contribution < -0.4 is 16.0 Å². The van der Waals surface area contributed by atoms with Gasteiger partial charge in [-0.2, -0.15) is 0 Å². The maximum absolute atomic E-state index is 6.00. The SMILES string of the molecule is Nc1ccc(N2CCNCC2)c2cnccc12. The molecular weight excluding hydrogens is 212 g/mol. The number of hydrogen-bond donors (Lipinski definition) is 2. The number of nitrogen functional groups attached to an aromatic ring is 1. The number of nitrogens with zero attached hydrogens (tertiary/aromatic N) is 2. The average Bonchev–Trinajstić information content (AvgIpc) is 2.41. The first kappa shape index (κ1) is 10.4. The molecule has 1 saturated heterocycles. The van der Waals surface area contributed by atoms with E-state index in [1.807, 2.05) is 18.3 Å². The van der Waals surface area contributed by atoms with E-state index in [2.05, 4.69) is 21.3 Å². The van der Waals surface area contributed by atoms with E-state index in [1.54, 1.807) is 6.20 Å². The second-order valence-electron chi connectivity index (χ2n) is 4.33. The molecule has 0 atom stereocenters. The van der Waals surface area contributed by atoms with Crippen molar-refractivity contribution in [3.8, 4) is 0 Å². The van der Waals surface area contributed by atoms with Gasteiger partial charge in [0.2, 0.25) is 0 Å². The summed E-state index contributed by atoms with van der Waals surface area (Å²) in [4.78, 5) is 6.60. The molecule has 3 N–H and O–H groups in total. The van der Waals surface area contributed by atoms with Gasteiger partial charge < -0.3 is 16.0 Å². The molecule has 0 unspecified atom stereocenters. The lowest BCUT2D eigenvalue weighted by atomic mass is 10.1. The highest BCUT2D eigenvalue weighted by Gasteiger charge is 2.13. The van der Waals surface area contributed by atoms with Crippen molar-refractivity contribution in [2.75, 3.05) is 36.8 Å². The third kappa shape index (κ3) is 1.80. The summed E-state index contributed by atoms with van der Waals surface area (Å²) in [5, 5.41) is 5.60. The van der Waals surface area contributed by atoms with Gasteiger partial charge in [-0.15, -0.1) is 0 Å². The molecule has 3 rings (SSSR count). The van der Waals surface area contributed by atoms with E-state index in [4.69, 9.17) is 5.73 Å². The van der Waals surface area contributed by atoms with E-state index in [-0.39, 0.29) is 0 Å². The molecule has 0 spiro atoms. The molecule has 4 heteroatoms. The van der Waals surface area contributed by atoms with Gasteiger partial charge in [-0.05, 0) is 18.2 Å². The number of hydrogen-bond acceptors (Lipinski definition) is 4. The van der Waals surface area contributed by atoms with E-state index in [1.165, 1.54) is 5.69 Å². The fraction of sp³-hybridized carbons (Fsp3) is 0.308. The van der Waals surface area contributed by atoms with Gasteiger partial charge >= 0.3 is 0 Å². The molecule has 0 aliphatic carbocycles. The van der Waals surface area contributed by atoms with Crippen molar-refractivity contribution in [2.45, 2.75) is 0 Å². The van der Waals surface area contributed by atoms with Gasteiger partial charge in [0.1, 0.15) is 0 Å². The molecule has 1 fully saturated rings. The Bertz CT molecular complexity index is 532. The summed E-state index contributed by atoms with van der Waals surface area (Å²) in [6, 6.07) is 6.07. The molecule has 4 nitrogen and oxygen atoms in total. The standard InChI is InChI=1S/C13H16N4/c14-12-1-2-13(17-7-5-15-6-8-17)11-9-16-4-3-10(11)12/h1-4,9,15H,5-8,14H2. The van der Waals surface area contributed by atoms with Crippen LogP contribution in [0.5, 0.6) is 0 Å². The van der Waals surface area contributed by atoms with Gasteiger partial charge in [0.15, 0.2) is 0 Å². The van der Waals surface area contributed by atoms with E-state index >= 15 is 0 Å². The Morgan fingerprint density at radius 3 is 2.76 bits per heavy atom. The second kappa shape index (κ2) is 4.22. The second-order valence-corrected chi connectivity index (χ2v) is 4.33. The van der Waals surface area contributed by atoms with Crippen LogP contribution in [-0.4, -0.2) is 31.2 Å². The van der Waals surface area contributed by atoms with Gasteiger partial charge in [0, 0.05) is 60.7 Å². The summed E-state index contributed by atoms with van der Waals surface area (Å²) >= 11 is 0. The normalized spacial score (nSPS) is 16.4. The number of nitrogens with one attached hydrogen (secondary N) is 1. The van der Waals surface area contributed by atoms with Crippen LogP contribution in [0.25, 0.3) is 10.8 Å². The fourth-order valence-corrected chi connectivity index (χ4v) is 2.38. The molecule has 2 aromatic rings. The van der Waals surface area contributed by atoms with Crippen molar-refractivity contribution in [3.63, 3.8) is 0 Å². The number of rotatable bonds is 1. The largest absolute Gasteiger partial charge is 0.398 e. The molecule has 0 radical (unpaired) electrons. The Kier molecular flexibility index (Phi) is 2.57. The highest BCUT2D eigenvalue weighted by molar-refractivity contribution is 6.00. The Labute approximate surface area is 100 Å². The van der Waals surface area contributed by atoms with Crippen LogP contribution in [0.4, 0.5) is 11.4 Å². The molecule has 0 bridgehead atoms. The van der Waals surface area contributed by atoms with Crippen molar-refractivity contribution in [1.82, 2.24) is 10.3 Å². The molecule has 1 aliphatic heterocycles. The van der Waals surface area contributed by atoms with Crippen LogP contribution in [-0.2, 0) is 0 Å². The minimum atomic E-state index is 0.821. The lowest BCUT2D eigenvalue weighted by Gasteiger charge is -2.30. The maximum Gasteiger partial charge on any atom is 0.0463 e. The first-order chi connectivity index (χ1) is 8.36. The fourth-order valence-electron chi connectivity index (χ4n) is 2.38. The Morgan fingerprint density at radius 2 is 1.94 bits per heavy atom. The molecule has 88 valence electrons. The van der Waals surface area contributed by atoms with Crippen LogP contribution in [0, 0.1) is 0 Å². The van der Waals surface area contributed by atoms with Crippen LogP contribution in [0.15, 0.2) is 30.6 Å². The van der Waals surface area contributed by atoms with Crippen molar-refractivity contribution in [1.29, 1.82) is 0 Å². The van der Waals surface area contributed by atoms with Gasteiger partial charge in [-0.3, -0.25) is 4.98 Å².